The van der Waals surface area contributed by atoms with Crippen LogP contribution in [0.4, 0.5) is 0 Å². The molecule has 1 unspecified atom stereocenters. The molecule has 1 atom stereocenters. The molecule has 0 spiro atoms. The number of carbonyl (C=O) groups is 1. The van der Waals surface area contributed by atoms with E-state index >= 15 is 0 Å². The molecule has 0 aromatic carbocycles. The quantitative estimate of drug-likeness (QED) is 0.416. The van der Waals surface area contributed by atoms with Crippen molar-refractivity contribution in [1.82, 2.24) is 9.97 Å². The van der Waals surface area contributed by atoms with E-state index in [1.54, 1.807) is 12.4 Å². The molecule has 0 fully saturated rings. The van der Waals surface area contributed by atoms with Crippen LogP contribution >= 0.6 is 34.5 Å². The van der Waals surface area contributed by atoms with Crippen molar-refractivity contribution < 1.29 is 24.1 Å². The van der Waals surface area contributed by atoms with Crippen molar-refractivity contribution >= 4 is 40.5 Å². The van der Waals surface area contributed by atoms with Crippen LogP contribution in [0.5, 0.6) is 0 Å². The van der Waals surface area contributed by atoms with E-state index < -0.39 is 10.8 Å². The number of carboxylic acid groups (broad SMARTS) is 1. The summed E-state index contributed by atoms with van der Waals surface area (Å²) >= 11 is 13.0. The average molecular weight is 421 g/mol. The highest BCUT2D eigenvalue weighted by Gasteiger charge is 2.41. The number of ether oxygens (including phenoxy) is 3. The van der Waals surface area contributed by atoms with Crippen molar-refractivity contribution in [1.29, 1.82) is 0 Å². The van der Waals surface area contributed by atoms with Gasteiger partial charge in [-0.05, 0) is 17.7 Å². The maximum atomic E-state index is 11.4. The summed E-state index contributed by atoms with van der Waals surface area (Å²) in [6.07, 6.45) is 3.42. The zero-order valence-corrected chi connectivity index (χ0v) is 16.1. The molecule has 142 valence electrons. The van der Waals surface area contributed by atoms with Crippen molar-refractivity contribution in [3.63, 3.8) is 0 Å². The molecule has 2 aromatic rings. The number of halogens is 2. The normalized spacial score (nSPS) is 13.5. The second kappa shape index (κ2) is 10.8. The van der Waals surface area contributed by atoms with Crippen LogP contribution in [0.2, 0.25) is 4.47 Å². The first-order valence-electron chi connectivity index (χ1n) is 7.68. The maximum Gasteiger partial charge on any atom is 0.333 e. The van der Waals surface area contributed by atoms with Crippen molar-refractivity contribution in [3.05, 3.63) is 45.6 Å². The number of alkyl halides is 1. The summed E-state index contributed by atoms with van der Waals surface area (Å²) in [6, 6.07) is 3.76. The van der Waals surface area contributed by atoms with Crippen molar-refractivity contribution in [2.24, 2.45) is 0 Å². The number of hydrogen-bond donors (Lipinski definition) is 1. The van der Waals surface area contributed by atoms with Crippen LogP contribution in [0, 0.1) is 0 Å². The van der Waals surface area contributed by atoms with Gasteiger partial charge in [-0.3, -0.25) is 4.98 Å². The number of aromatic nitrogens is 2. The fraction of sp³-hybridized carbons (Fsp3) is 0.438. The summed E-state index contributed by atoms with van der Waals surface area (Å²) in [4.78, 5) is 17.5. The number of hydrogen-bond acceptors (Lipinski definition) is 7. The first-order chi connectivity index (χ1) is 12.5. The van der Waals surface area contributed by atoms with E-state index in [4.69, 9.17) is 37.4 Å². The average Bonchev–Trinajstić information content (AvgIpc) is 3.07. The number of nitrogens with zero attached hydrogens (tertiary/aromatic N) is 2. The minimum absolute atomic E-state index is 0.159. The third kappa shape index (κ3) is 6.46. The lowest BCUT2D eigenvalue weighted by molar-refractivity contribution is -0.142. The van der Waals surface area contributed by atoms with Crippen molar-refractivity contribution in [3.8, 4) is 0 Å². The van der Waals surface area contributed by atoms with Crippen LogP contribution in [0.15, 0.2) is 29.9 Å². The van der Waals surface area contributed by atoms with Gasteiger partial charge < -0.3 is 19.3 Å². The van der Waals surface area contributed by atoms with E-state index in [0.717, 1.165) is 16.9 Å². The summed E-state index contributed by atoms with van der Waals surface area (Å²) in [5.41, 5.74) is 1.20. The lowest BCUT2D eigenvalue weighted by atomic mass is 10.1. The second-order valence-electron chi connectivity index (χ2n) is 5.17. The largest absolute Gasteiger partial charge is 0.480 e. The third-order valence-corrected chi connectivity index (χ3v) is 4.73. The molecule has 0 saturated carbocycles. The first kappa shape index (κ1) is 21.0. The summed E-state index contributed by atoms with van der Waals surface area (Å²) in [5, 5.41) is 10.9. The molecule has 0 radical (unpaired) electrons. The topological polar surface area (TPSA) is 90.8 Å². The van der Waals surface area contributed by atoms with Crippen LogP contribution in [-0.4, -0.2) is 54.1 Å². The fourth-order valence-corrected chi connectivity index (χ4v) is 2.98. The smallest absolute Gasteiger partial charge is 0.333 e. The number of pyridine rings is 1. The number of aliphatic carboxylic acids is 1. The summed E-state index contributed by atoms with van der Waals surface area (Å²) in [6.45, 7) is 1.58. The van der Waals surface area contributed by atoms with Gasteiger partial charge in [-0.1, -0.05) is 23.2 Å². The van der Waals surface area contributed by atoms with Gasteiger partial charge in [0.15, 0.2) is 4.47 Å². The van der Waals surface area contributed by atoms with Gasteiger partial charge in [0.1, 0.15) is 0 Å². The van der Waals surface area contributed by atoms with Crippen LogP contribution in [0.25, 0.3) is 0 Å². The second-order valence-corrected chi connectivity index (χ2v) is 7.25. The molecule has 0 amide bonds. The van der Waals surface area contributed by atoms with Gasteiger partial charge in [-0.15, -0.1) is 11.3 Å². The van der Waals surface area contributed by atoms with E-state index in [0.29, 0.717) is 26.4 Å². The van der Waals surface area contributed by atoms with Crippen molar-refractivity contribution in [2.45, 2.75) is 11.5 Å². The van der Waals surface area contributed by atoms with E-state index in [9.17, 15) is 9.90 Å². The number of rotatable bonds is 12. The Morgan fingerprint density at radius 1 is 1.15 bits per heavy atom. The highest BCUT2D eigenvalue weighted by atomic mass is 35.5. The van der Waals surface area contributed by atoms with Crippen molar-refractivity contribution in [2.75, 3.05) is 33.0 Å². The molecule has 0 bridgehead atoms. The Morgan fingerprint density at radius 2 is 1.81 bits per heavy atom. The summed E-state index contributed by atoms with van der Waals surface area (Å²) in [5.74, 6) is -1.24. The number of thiazole rings is 1. The molecule has 0 aliphatic carbocycles. The monoisotopic (exact) mass is 420 g/mol. The minimum Gasteiger partial charge on any atom is -0.480 e. The van der Waals surface area contributed by atoms with Crippen LogP contribution in [0.1, 0.15) is 11.3 Å². The Balaban J connectivity index is 1.58. The van der Waals surface area contributed by atoms with E-state index in [1.165, 1.54) is 5.38 Å². The fourth-order valence-electron chi connectivity index (χ4n) is 1.90. The van der Waals surface area contributed by atoms with Gasteiger partial charge in [0, 0.05) is 17.8 Å². The molecular formula is C16H18Cl2N2O5S. The van der Waals surface area contributed by atoms with E-state index in [2.05, 4.69) is 9.97 Å². The van der Waals surface area contributed by atoms with Gasteiger partial charge in [-0.25, -0.2) is 9.78 Å². The Kier molecular flexibility index (Phi) is 8.70. The van der Waals surface area contributed by atoms with E-state index in [1.807, 2.05) is 12.1 Å². The van der Waals surface area contributed by atoms with Crippen LogP contribution < -0.4 is 0 Å². The minimum atomic E-state index is -1.77. The summed E-state index contributed by atoms with van der Waals surface area (Å²) < 4.78 is 16.4. The zero-order valence-electron chi connectivity index (χ0n) is 13.8. The lowest BCUT2D eigenvalue weighted by Gasteiger charge is -2.20. The highest BCUT2D eigenvalue weighted by molar-refractivity contribution is 7.14. The predicted molar refractivity (Wildman–Crippen MR) is 97.8 cm³/mol. The SMILES string of the molecule is O=C(O)C(Cl)(COCCOCCOCc1ccncc1)c1csc(Cl)n1. The first-order valence-corrected chi connectivity index (χ1v) is 9.32. The van der Waals surface area contributed by atoms with Crippen LogP contribution in [-0.2, 0) is 30.5 Å². The molecule has 7 nitrogen and oxygen atoms in total. The lowest BCUT2D eigenvalue weighted by Crippen LogP contribution is -2.35. The highest BCUT2D eigenvalue weighted by Crippen LogP contribution is 2.32. The van der Waals surface area contributed by atoms with Gasteiger partial charge in [0.25, 0.3) is 0 Å². The molecule has 10 heteroatoms. The summed E-state index contributed by atoms with van der Waals surface area (Å²) in [7, 11) is 0. The van der Waals surface area contributed by atoms with Crippen LogP contribution in [0.3, 0.4) is 0 Å². The Morgan fingerprint density at radius 3 is 2.42 bits per heavy atom. The predicted octanol–water partition coefficient (Wildman–Crippen LogP) is 2.96. The molecule has 2 rings (SSSR count). The standard InChI is InChI=1S/C16H18Cl2N2O5S/c17-15-20-13(10-26-15)16(18,14(21)22)11-25-8-6-23-5-7-24-9-12-1-3-19-4-2-12/h1-4,10H,5-9,11H2,(H,21,22). The Labute approximate surface area is 164 Å². The molecule has 26 heavy (non-hydrogen) atoms. The van der Waals surface area contributed by atoms with E-state index in [-0.39, 0.29) is 23.4 Å². The van der Waals surface area contributed by atoms with Gasteiger partial charge >= 0.3 is 5.97 Å². The maximum absolute atomic E-state index is 11.4. The van der Waals surface area contributed by atoms with Gasteiger partial charge in [0.05, 0.1) is 45.3 Å². The third-order valence-electron chi connectivity index (χ3n) is 3.28. The van der Waals surface area contributed by atoms with Gasteiger partial charge in [-0.2, -0.15) is 0 Å². The zero-order chi connectivity index (χ0) is 18.8. The molecule has 0 aliphatic rings. The Hall–Kier alpha value is -1.29. The molecule has 0 aliphatic heterocycles. The molecule has 0 saturated heterocycles. The molecule has 2 heterocycles. The van der Waals surface area contributed by atoms with Gasteiger partial charge in [0.2, 0.25) is 4.87 Å². The molecular weight excluding hydrogens is 403 g/mol. The molecule has 2 aromatic heterocycles. The number of carboxylic acids is 1. The molecule has 1 N–H and O–H groups in total. The Bertz CT molecular complexity index is 688.